The molecule has 3 heterocycles. The zero-order chi connectivity index (χ0) is 19.8. The number of halogens is 2. The second-order valence-electron chi connectivity index (χ2n) is 6.36. The van der Waals surface area contributed by atoms with Crippen molar-refractivity contribution in [2.75, 3.05) is 0 Å². The van der Waals surface area contributed by atoms with Gasteiger partial charge in [-0.3, -0.25) is 20.1 Å². The number of para-hydroxylation sites is 1. The maximum atomic E-state index is 14.5. The number of hydrogen-bond donors (Lipinski definition) is 2. The van der Waals surface area contributed by atoms with Crippen LogP contribution in [0.15, 0.2) is 41.8 Å². The van der Waals surface area contributed by atoms with Crippen molar-refractivity contribution in [3.63, 3.8) is 0 Å². The molecule has 6 nitrogen and oxygen atoms in total. The van der Waals surface area contributed by atoms with E-state index in [1.807, 2.05) is 13.0 Å². The van der Waals surface area contributed by atoms with Crippen molar-refractivity contribution in [3.05, 3.63) is 70.6 Å². The lowest BCUT2D eigenvalue weighted by molar-refractivity contribution is 0.554. The summed E-state index contributed by atoms with van der Waals surface area (Å²) in [7, 11) is 0. The van der Waals surface area contributed by atoms with Gasteiger partial charge in [0.15, 0.2) is 10.8 Å². The third-order valence-electron chi connectivity index (χ3n) is 4.24. The highest BCUT2D eigenvalue weighted by Gasteiger charge is 2.20. The van der Waals surface area contributed by atoms with E-state index in [4.69, 9.17) is 5.41 Å². The number of aromatic amines is 1. The van der Waals surface area contributed by atoms with Crippen LogP contribution < -0.4 is 5.49 Å². The monoisotopic (exact) mass is 398 g/mol. The Labute approximate surface area is 163 Å². The van der Waals surface area contributed by atoms with Gasteiger partial charge in [0, 0.05) is 23.8 Å². The van der Waals surface area contributed by atoms with Gasteiger partial charge >= 0.3 is 0 Å². The SMILES string of the molecule is Cc1cncc(CSc2nc3n[nH]c(C)c3c(=N)n2-c2c(F)cccc2F)c1. The van der Waals surface area contributed by atoms with E-state index < -0.39 is 11.6 Å². The number of nitrogens with zero attached hydrogens (tertiary/aromatic N) is 4. The van der Waals surface area contributed by atoms with Gasteiger partial charge in [-0.25, -0.2) is 13.8 Å². The predicted octanol–water partition coefficient (Wildman–Crippen LogP) is 3.81. The van der Waals surface area contributed by atoms with E-state index in [9.17, 15) is 8.78 Å². The molecule has 0 fully saturated rings. The number of nitrogens with one attached hydrogen (secondary N) is 2. The van der Waals surface area contributed by atoms with Gasteiger partial charge in [0.05, 0.1) is 5.39 Å². The molecule has 4 aromatic rings. The van der Waals surface area contributed by atoms with Crippen LogP contribution >= 0.6 is 11.8 Å². The Hall–Kier alpha value is -3.07. The molecule has 0 bridgehead atoms. The van der Waals surface area contributed by atoms with E-state index in [0.717, 1.165) is 23.3 Å². The van der Waals surface area contributed by atoms with Gasteiger partial charge in [-0.1, -0.05) is 23.9 Å². The third-order valence-corrected chi connectivity index (χ3v) is 5.25. The second kappa shape index (κ2) is 7.16. The van der Waals surface area contributed by atoms with Crippen LogP contribution in [0.2, 0.25) is 0 Å². The van der Waals surface area contributed by atoms with Gasteiger partial charge in [-0.2, -0.15) is 5.10 Å². The third kappa shape index (κ3) is 3.18. The Morgan fingerprint density at radius 2 is 1.93 bits per heavy atom. The second-order valence-corrected chi connectivity index (χ2v) is 7.30. The van der Waals surface area contributed by atoms with Gasteiger partial charge in [0.1, 0.15) is 22.8 Å². The van der Waals surface area contributed by atoms with E-state index in [1.54, 1.807) is 19.3 Å². The standard InChI is InChI=1S/C19H16F2N6S/c1-10-6-12(8-23-7-10)9-28-19-24-18-15(11(2)25-26-18)17(22)27(19)16-13(20)4-3-5-14(16)21/h3-8,22H,9H2,1-2H3,(H,25,26). The molecule has 0 aliphatic carbocycles. The first-order chi connectivity index (χ1) is 13.5. The maximum absolute atomic E-state index is 14.5. The summed E-state index contributed by atoms with van der Waals surface area (Å²) < 4.78 is 30.2. The summed E-state index contributed by atoms with van der Waals surface area (Å²) in [6.45, 7) is 3.68. The molecule has 2 N–H and O–H groups in total. The smallest absolute Gasteiger partial charge is 0.187 e. The molecule has 0 amide bonds. The fraction of sp³-hybridized carbons (Fsp3) is 0.158. The van der Waals surface area contributed by atoms with E-state index in [-0.39, 0.29) is 16.3 Å². The lowest BCUT2D eigenvalue weighted by Crippen LogP contribution is -2.24. The zero-order valence-electron chi connectivity index (χ0n) is 15.1. The quantitative estimate of drug-likeness (QED) is 0.404. The molecule has 9 heteroatoms. The summed E-state index contributed by atoms with van der Waals surface area (Å²) in [6.07, 6.45) is 3.48. The first kappa shape index (κ1) is 18.3. The molecule has 0 unspecified atom stereocenters. The Morgan fingerprint density at radius 1 is 1.18 bits per heavy atom. The van der Waals surface area contributed by atoms with E-state index >= 15 is 0 Å². The molecule has 3 aromatic heterocycles. The van der Waals surface area contributed by atoms with Crippen molar-refractivity contribution in [2.24, 2.45) is 0 Å². The number of benzene rings is 1. The van der Waals surface area contributed by atoms with Crippen LogP contribution in [0, 0.1) is 30.9 Å². The average Bonchev–Trinajstić information content (AvgIpc) is 3.03. The Bertz CT molecular complexity index is 1230. The van der Waals surface area contributed by atoms with Crippen molar-refractivity contribution in [1.82, 2.24) is 24.7 Å². The van der Waals surface area contributed by atoms with Crippen molar-refractivity contribution in [2.45, 2.75) is 24.8 Å². The Kier molecular flexibility index (Phi) is 4.68. The van der Waals surface area contributed by atoms with Crippen LogP contribution in [0.5, 0.6) is 0 Å². The van der Waals surface area contributed by atoms with E-state index in [1.165, 1.54) is 22.4 Å². The highest BCUT2D eigenvalue weighted by atomic mass is 32.2. The fourth-order valence-electron chi connectivity index (χ4n) is 2.98. The first-order valence-electron chi connectivity index (χ1n) is 8.45. The number of aryl methyl sites for hydroxylation is 2. The van der Waals surface area contributed by atoms with Gasteiger partial charge in [-0.15, -0.1) is 0 Å². The molecule has 0 aliphatic heterocycles. The minimum atomic E-state index is -0.764. The fourth-order valence-corrected chi connectivity index (χ4v) is 3.90. The van der Waals surface area contributed by atoms with Crippen molar-refractivity contribution in [3.8, 4) is 5.69 Å². The molecule has 0 aliphatic rings. The topological polar surface area (TPSA) is 83.2 Å². The average molecular weight is 398 g/mol. The predicted molar refractivity (Wildman–Crippen MR) is 102 cm³/mol. The molecule has 0 spiro atoms. The normalized spacial score (nSPS) is 11.3. The van der Waals surface area contributed by atoms with Crippen LogP contribution in [0.1, 0.15) is 16.8 Å². The molecule has 1 aromatic carbocycles. The summed E-state index contributed by atoms with van der Waals surface area (Å²) in [4.78, 5) is 8.62. The van der Waals surface area contributed by atoms with Gasteiger partial charge < -0.3 is 0 Å². The van der Waals surface area contributed by atoms with Crippen LogP contribution in [0.3, 0.4) is 0 Å². The van der Waals surface area contributed by atoms with E-state index in [2.05, 4.69) is 20.2 Å². The number of pyridine rings is 1. The highest BCUT2D eigenvalue weighted by Crippen LogP contribution is 2.27. The molecule has 0 atom stereocenters. The molecular weight excluding hydrogens is 382 g/mol. The number of thioether (sulfide) groups is 1. The molecular formula is C19H16F2N6S. The summed E-state index contributed by atoms with van der Waals surface area (Å²) >= 11 is 1.26. The summed E-state index contributed by atoms with van der Waals surface area (Å²) in [5, 5.41) is 16.2. The molecule has 4 rings (SSSR count). The molecule has 0 saturated heterocycles. The molecule has 28 heavy (non-hydrogen) atoms. The van der Waals surface area contributed by atoms with Gasteiger partial charge in [-0.05, 0) is 37.1 Å². The van der Waals surface area contributed by atoms with Crippen molar-refractivity contribution >= 4 is 22.8 Å². The minimum Gasteiger partial charge on any atom is -0.283 e. The van der Waals surface area contributed by atoms with Crippen LogP contribution in [0.4, 0.5) is 8.78 Å². The summed E-state index contributed by atoms with van der Waals surface area (Å²) in [5.41, 5.74) is 2.49. The minimum absolute atomic E-state index is 0.0786. The number of H-pyrrole nitrogens is 1. The Balaban J connectivity index is 1.91. The lowest BCUT2D eigenvalue weighted by atomic mass is 10.2. The summed E-state index contributed by atoms with van der Waals surface area (Å²) in [6, 6.07) is 5.60. The largest absolute Gasteiger partial charge is 0.283 e. The van der Waals surface area contributed by atoms with E-state index in [0.29, 0.717) is 22.5 Å². The number of hydrogen-bond acceptors (Lipinski definition) is 5. The first-order valence-corrected chi connectivity index (χ1v) is 9.44. The van der Waals surface area contributed by atoms with Crippen molar-refractivity contribution < 1.29 is 8.78 Å². The van der Waals surface area contributed by atoms with Crippen LogP contribution in [-0.2, 0) is 5.75 Å². The molecule has 0 radical (unpaired) electrons. The number of rotatable bonds is 4. The maximum Gasteiger partial charge on any atom is 0.187 e. The van der Waals surface area contributed by atoms with Crippen LogP contribution in [-0.4, -0.2) is 24.7 Å². The number of aromatic nitrogens is 5. The molecule has 142 valence electrons. The zero-order valence-corrected chi connectivity index (χ0v) is 15.9. The van der Waals surface area contributed by atoms with Crippen LogP contribution in [0.25, 0.3) is 16.7 Å². The highest BCUT2D eigenvalue weighted by molar-refractivity contribution is 7.98. The molecule has 0 saturated carbocycles. The van der Waals surface area contributed by atoms with Gasteiger partial charge in [0.25, 0.3) is 0 Å². The van der Waals surface area contributed by atoms with Gasteiger partial charge in [0.2, 0.25) is 0 Å². The van der Waals surface area contributed by atoms with Crippen molar-refractivity contribution in [1.29, 1.82) is 5.41 Å². The summed E-state index contributed by atoms with van der Waals surface area (Å²) in [5.74, 6) is -1.05. The Morgan fingerprint density at radius 3 is 2.64 bits per heavy atom. The lowest BCUT2D eigenvalue weighted by Gasteiger charge is -2.14. The number of fused-ring (bicyclic) bond motifs is 1.